The normalized spacial score (nSPS) is 16.0. The molecule has 0 bridgehead atoms. The predicted molar refractivity (Wildman–Crippen MR) is 165 cm³/mol. The van der Waals surface area contributed by atoms with Gasteiger partial charge in [-0.25, -0.2) is 0 Å². The summed E-state index contributed by atoms with van der Waals surface area (Å²) in [5.74, 6) is -1.06. The quantitative estimate of drug-likeness (QED) is 0.0358. The lowest BCUT2D eigenvalue weighted by atomic mass is 10.0. The number of phosphoric ester groups is 1. The van der Waals surface area contributed by atoms with Crippen LogP contribution in [0, 0.1) is 0 Å². The van der Waals surface area contributed by atoms with E-state index >= 15 is 0 Å². The molecule has 248 valence electrons. The molecule has 0 amide bonds. The van der Waals surface area contributed by atoms with Crippen molar-refractivity contribution in [3.05, 3.63) is 0 Å². The van der Waals surface area contributed by atoms with Crippen LogP contribution < -0.4 is 4.89 Å². The van der Waals surface area contributed by atoms with E-state index in [0.717, 1.165) is 38.9 Å². The van der Waals surface area contributed by atoms with Crippen molar-refractivity contribution < 1.29 is 37.6 Å². The number of esters is 1. The molecule has 1 aliphatic heterocycles. The topological polar surface area (TPSA) is 114 Å². The fourth-order valence-electron chi connectivity index (χ4n) is 5.20. The Kier molecular flexibility index (Phi) is 24.8. The average molecular weight is 619 g/mol. The predicted octanol–water partition coefficient (Wildman–Crippen LogP) is 7.14. The molecule has 1 fully saturated rings. The lowest BCUT2D eigenvalue weighted by Crippen LogP contribution is -2.30. The first kappa shape index (κ1) is 39.2. The molecule has 10 heteroatoms. The molecule has 0 N–H and O–H groups in total. The number of ketones is 1. The van der Waals surface area contributed by atoms with Crippen LogP contribution in [0.15, 0.2) is 0 Å². The van der Waals surface area contributed by atoms with Gasteiger partial charge >= 0.3 is 5.97 Å². The summed E-state index contributed by atoms with van der Waals surface area (Å²) in [5, 5.41) is 0. The highest BCUT2D eigenvalue weighted by Gasteiger charge is 2.20. The molecule has 1 heterocycles. The second-order valence-electron chi connectivity index (χ2n) is 11.8. The minimum atomic E-state index is -4.54. The van der Waals surface area contributed by atoms with Crippen LogP contribution in [0.2, 0.25) is 0 Å². The zero-order chi connectivity index (χ0) is 30.7. The molecule has 0 aromatic carbocycles. The molecular formula is C32H61NO8P-. The molecule has 42 heavy (non-hydrogen) atoms. The Morgan fingerprint density at radius 2 is 1.26 bits per heavy atom. The number of nitrogens with zero attached hydrogens (tertiary/aromatic N) is 1. The number of phosphoric acid groups is 1. The van der Waals surface area contributed by atoms with Gasteiger partial charge in [-0.2, -0.15) is 0 Å². The molecule has 0 aromatic heterocycles. The minimum absolute atomic E-state index is 0.00263. The van der Waals surface area contributed by atoms with Crippen LogP contribution in [0.25, 0.3) is 0 Å². The summed E-state index contributed by atoms with van der Waals surface area (Å²) in [6.45, 7) is 6.55. The Labute approximate surface area is 256 Å². The Bertz CT molecular complexity index is 717. The number of Topliss-reactive ketones (excluding diaryl/α,β-unsaturated/α-hetero) is 1. The standard InChI is InChI=1S/C32H62NO8P/c1-3-4-5-6-7-8-9-10-11-12-13-14-15-16-17-20-25-38-28-31(41-32(35)27-30(2)34)29-40-42(36,37)39-26-21-24-33-22-18-19-23-33/h31H,3-29H2,1-2H3,(H,36,37)/p-1. The molecule has 1 saturated heterocycles. The van der Waals surface area contributed by atoms with E-state index in [1.165, 1.54) is 103 Å². The molecule has 2 atom stereocenters. The maximum Gasteiger partial charge on any atom is 0.313 e. The van der Waals surface area contributed by atoms with E-state index in [1.807, 2.05) is 0 Å². The Morgan fingerprint density at radius 1 is 0.738 bits per heavy atom. The van der Waals surface area contributed by atoms with Crippen LogP contribution in [0.1, 0.15) is 142 Å². The van der Waals surface area contributed by atoms with Gasteiger partial charge in [-0.05, 0) is 45.7 Å². The molecule has 0 radical (unpaired) electrons. The molecule has 0 aliphatic carbocycles. The van der Waals surface area contributed by atoms with Crippen molar-refractivity contribution in [1.29, 1.82) is 0 Å². The SMILES string of the molecule is CCCCCCCCCCCCCCCCCCOCC(COP(=O)([O-])OCCCN1CCCC1)OC(=O)CC(C)=O. The number of hydrogen-bond donors (Lipinski definition) is 0. The highest BCUT2D eigenvalue weighted by molar-refractivity contribution is 7.45. The first-order valence-electron chi connectivity index (χ1n) is 16.9. The van der Waals surface area contributed by atoms with Crippen molar-refractivity contribution in [2.45, 2.75) is 148 Å². The van der Waals surface area contributed by atoms with Gasteiger partial charge in [-0.1, -0.05) is 103 Å². The third-order valence-electron chi connectivity index (χ3n) is 7.62. The van der Waals surface area contributed by atoms with Gasteiger partial charge in [-0.15, -0.1) is 0 Å². The summed E-state index contributed by atoms with van der Waals surface area (Å²) < 4.78 is 33.0. The Morgan fingerprint density at radius 3 is 1.79 bits per heavy atom. The van der Waals surface area contributed by atoms with Gasteiger partial charge in [0, 0.05) is 13.2 Å². The van der Waals surface area contributed by atoms with Crippen molar-refractivity contribution in [3.8, 4) is 0 Å². The Hall–Kier alpha value is -0.830. The number of carbonyl (C=O) groups is 2. The van der Waals surface area contributed by atoms with Gasteiger partial charge in [0.2, 0.25) is 0 Å². The van der Waals surface area contributed by atoms with E-state index in [-0.39, 0.29) is 25.4 Å². The maximum absolute atomic E-state index is 12.2. The summed E-state index contributed by atoms with van der Waals surface area (Å²) in [5.41, 5.74) is 0. The van der Waals surface area contributed by atoms with Gasteiger partial charge in [0.25, 0.3) is 7.82 Å². The highest BCUT2D eigenvalue weighted by Crippen LogP contribution is 2.38. The summed E-state index contributed by atoms with van der Waals surface area (Å²) in [6.07, 6.45) is 22.3. The summed E-state index contributed by atoms with van der Waals surface area (Å²) >= 11 is 0. The Balaban J connectivity index is 2.10. The molecule has 1 rings (SSSR count). The second-order valence-corrected chi connectivity index (χ2v) is 13.3. The number of carbonyl (C=O) groups excluding carboxylic acids is 2. The zero-order valence-corrected chi connectivity index (χ0v) is 27.7. The first-order chi connectivity index (χ1) is 20.3. The van der Waals surface area contributed by atoms with Gasteiger partial charge in [0.15, 0.2) is 0 Å². The highest BCUT2D eigenvalue weighted by atomic mass is 31.2. The number of hydrogen-bond acceptors (Lipinski definition) is 9. The van der Waals surface area contributed by atoms with E-state index < -0.39 is 26.5 Å². The molecular weight excluding hydrogens is 557 g/mol. The van der Waals surface area contributed by atoms with Crippen LogP contribution in [-0.2, 0) is 32.7 Å². The second kappa shape index (κ2) is 26.6. The number of unbranched alkanes of at least 4 members (excludes halogenated alkanes) is 15. The van der Waals surface area contributed by atoms with Crippen molar-refractivity contribution in [2.75, 3.05) is 46.1 Å². The van der Waals surface area contributed by atoms with Crippen LogP contribution in [0.3, 0.4) is 0 Å². The summed E-state index contributed by atoms with van der Waals surface area (Å²) in [7, 11) is -4.54. The third kappa shape index (κ3) is 24.6. The van der Waals surface area contributed by atoms with E-state index in [0.29, 0.717) is 13.0 Å². The number of rotatable bonds is 30. The van der Waals surface area contributed by atoms with Crippen molar-refractivity contribution >= 4 is 19.6 Å². The van der Waals surface area contributed by atoms with Gasteiger partial charge in [-0.3, -0.25) is 14.2 Å². The lowest BCUT2D eigenvalue weighted by Gasteiger charge is -2.26. The summed E-state index contributed by atoms with van der Waals surface area (Å²) in [6, 6.07) is 0. The minimum Gasteiger partial charge on any atom is -0.756 e. The number of ether oxygens (including phenoxy) is 2. The van der Waals surface area contributed by atoms with Crippen LogP contribution in [0.4, 0.5) is 0 Å². The fraction of sp³-hybridized carbons (Fsp3) is 0.938. The monoisotopic (exact) mass is 618 g/mol. The number of likely N-dealkylation sites (tertiary alicyclic amines) is 1. The third-order valence-corrected chi connectivity index (χ3v) is 8.59. The molecule has 9 nitrogen and oxygen atoms in total. The zero-order valence-electron chi connectivity index (χ0n) is 26.8. The van der Waals surface area contributed by atoms with E-state index in [4.69, 9.17) is 18.5 Å². The largest absolute Gasteiger partial charge is 0.756 e. The molecule has 0 aromatic rings. The van der Waals surface area contributed by atoms with Gasteiger partial charge < -0.3 is 28.3 Å². The van der Waals surface area contributed by atoms with Crippen molar-refractivity contribution in [3.63, 3.8) is 0 Å². The lowest BCUT2D eigenvalue weighted by molar-refractivity contribution is -0.228. The molecule has 0 saturated carbocycles. The smallest absolute Gasteiger partial charge is 0.313 e. The van der Waals surface area contributed by atoms with Crippen LogP contribution >= 0.6 is 7.82 Å². The van der Waals surface area contributed by atoms with Gasteiger partial charge in [0.1, 0.15) is 18.3 Å². The van der Waals surface area contributed by atoms with Crippen molar-refractivity contribution in [2.24, 2.45) is 0 Å². The molecule has 2 unspecified atom stereocenters. The average Bonchev–Trinajstić information content (AvgIpc) is 3.46. The van der Waals surface area contributed by atoms with Crippen LogP contribution in [0.5, 0.6) is 0 Å². The van der Waals surface area contributed by atoms with E-state index in [9.17, 15) is 19.0 Å². The van der Waals surface area contributed by atoms with Gasteiger partial charge in [0.05, 0.1) is 19.8 Å². The fourth-order valence-corrected chi connectivity index (χ4v) is 5.97. The maximum atomic E-state index is 12.2. The molecule has 1 aliphatic rings. The molecule has 0 spiro atoms. The van der Waals surface area contributed by atoms with Crippen molar-refractivity contribution in [1.82, 2.24) is 4.90 Å². The first-order valence-corrected chi connectivity index (χ1v) is 18.4. The van der Waals surface area contributed by atoms with E-state index in [2.05, 4.69) is 11.8 Å². The van der Waals surface area contributed by atoms with Crippen LogP contribution in [-0.4, -0.2) is 68.8 Å². The summed E-state index contributed by atoms with van der Waals surface area (Å²) in [4.78, 5) is 37.7. The van der Waals surface area contributed by atoms with E-state index in [1.54, 1.807) is 0 Å².